The number of halogens is 1. The Kier molecular flexibility index (Phi) is 5.70. The molecule has 4 rings (SSSR count). The fourth-order valence-corrected chi connectivity index (χ4v) is 4.07. The van der Waals surface area contributed by atoms with Gasteiger partial charge in [-0.15, -0.1) is 0 Å². The maximum absolute atomic E-state index is 12.5. The number of carbonyl (C=O) groups excluding carboxylic acids is 1. The molecule has 0 atom stereocenters. The maximum atomic E-state index is 12.5. The molecule has 2 aromatic carbocycles. The SMILES string of the molecule is Cc1ccc(Cl)cc1N=C1NC(=O)/C(=C/c2cccn2-c2ccc(N(C)C)cc2)S1. The minimum absolute atomic E-state index is 0.158. The van der Waals surface area contributed by atoms with Gasteiger partial charge in [-0.2, -0.15) is 0 Å². The van der Waals surface area contributed by atoms with E-state index in [2.05, 4.69) is 44.0 Å². The van der Waals surface area contributed by atoms with E-state index in [1.807, 2.05) is 57.6 Å². The molecule has 0 saturated carbocycles. The highest BCUT2D eigenvalue weighted by atomic mass is 35.5. The van der Waals surface area contributed by atoms with E-state index >= 15 is 0 Å². The highest BCUT2D eigenvalue weighted by Gasteiger charge is 2.24. The van der Waals surface area contributed by atoms with Crippen LogP contribution in [0.3, 0.4) is 0 Å². The van der Waals surface area contributed by atoms with Crippen LogP contribution >= 0.6 is 23.4 Å². The van der Waals surface area contributed by atoms with Crippen LogP contribution in [0.2, 0.25) is 5.02 Å². The predicted molar refractivity (Wildman–Crippen MR) is 127 cm³/mol. The molecule has 0 spiro atoms. The molecule has 1 saturated heterocycles. The predicted octanol–water partition coefficient (Wildman–Crippen LogP) is 5.40. The zero-order valence-electron chi connectivity index (χ0n) is 16.9. The first kappa shape index (κ1) is 20.3. The quantitative estimate of drug-likeness (QED) is 0.557. The monoisotopic (exact) mass is 436 g/mol. The highest BCUT2D eigenvalue weighted by Crippen LogP contribution is 2.31. The largest absolute Gasteiger partial charge is 0.378 e. The molecule has 1 amide bonds. The van der Waals surface area contributed by atoms with Gasteiger partial charge in [0.05, 0.1) is 10.6 Å². The number of amidine groups is 1. The zero-order chi connectivity index (χ0) is 21.3. The Hall–Kier alpha value is -2.96. The second-order valence-electron chi connectivity index (χ2n) is 7.13. The van der Waals surface area contributed by atoms with E-state index in [0.717, 1.165) is 28.3 Å². The Bertz CT molecular complexity index is 1160. The van der Waals surface area contributed by atoms with Crippen LogP contribution in [-0.4, -0.2) is 29.7 Å². The number of hydrogen-bond donors (Lipinski definition) is 1. The molecule has 7 heteroatoms. The van der Waals surface area contributed by atoms with Gasteiger partial charge in [-0.3, -0.25) is 4.79 Å². The molecule has 1 fully saturated rings. The molecular weight excluding hydrogens is 416 g/mol. The van der Waals surface area contributed by atoms with Gasteiger partial charge >= 0.3 is 0 Å². The van der Waals surface area contributed by atoms with Gasteiger partial charge in [0.25, 0.3) is 5.91 Å². The molecule has 0 unspecified atom stereocenters. The lowest BCUT2D eigenvalue weighted by Crippen LogP contribution is -2.19. The van der Waals surface area contributed by atoms with E-state index in [0.29, 0.717) is 15.1 Å². The third-order valence-electron chi connectivity index (χ3n) is 4.75. The van der Waals surface area contributed by atoms with Crippen LogP contribution in [0, 0.1) is 6.92 Å². The van der Waals surface area contributed by atoms with E-state index in [1.54, 1.807) is 6.07 Å². The van der Waals surface area contributed by atoms with E-state index in [1.165, 1.54) is 11.8 Å². The number of nitrogens with one attached hydrogen (secondary N) is 1. The summed E-state index contributed by atoms with van der Waals surface area (Å²) in [5.41, 5.74) is 4.83. The lowest BCUT2D eigenvalue weighted by Gasteiger charge is -2.13. The Morgan fingerprint density at radius 2 is 1.90 bits per heavy atom. The number of aliphatic imine (C=N–C) groups is 1. The minimum Gasteiger partial charge on any atom is -0.378 e. The Balaban J connectivity index is 1.60. The summed E-state index contributed by atoms with van der Waals surface area (Å²) in [7, 11) is 4.03. The Morgan fingerprint density at radius 1 is 1.13 bits per heavy atom. The molecule has 0 aliphatic carbocycles. The van der Waals surface area contributed by atoms with Crippen molar-refractivity contribution in [2.45, 2.75) is 6.92 Å². The van der Waals surface area contributed by atoms with Crippen LogP contribution in [-0.2, 0) is 4.79 Å². The number of rotatable bonds is 4. The second kappa shape index (κ2) is 8.42. The number of hydrogen-bond acceptors (Lipinski definition) is 4. The van der Waals surface area contributed by atoms with Gasteiger partial charge in [0, 0.05) is 42.4 Å². The number of anilines is 1. The van der Waals surface area contributed by atoms with Crippen molar-refractivity contribution in [3.63, 3.8) is 0 Å². The van der Waals surface area contributed by atoms with E-state index in [9.17, 15) is 4.79 Å². The molecule has 1 aromatic heterocycles. The number of nitrogens with zero attached hydrogens (tertiary/aromatic N) is 3. The van der Waals surface area contributed by atoms with Crippen molar-refractivity contribution in [2.75, 3.05) is 19.0 Å². The summed E-state index contributed by atoms with van der Waals surface area (Å²) in [4.78, 5) is 19.7. The third-order valence-corrected chi connectivity index (χ3v) is 5.89. The highest BCUT2D eigenvalue weighted by molar-refractivity contribution is 8.18. The van der Waals surface area contributed by atoms with E-state index in [4.69, 9.17) is 11.6 Å². The smallest absolute Gasteiger partial charge is 0.264 e. The molecule has 1 aliphatic rings. The lowest BCUT2D eigenvalue weighted by atomic mass is 10.2. The van der Waals surface area contributed by atoms with Gasteiger partial charge in [-0.25, -0.2) is 4.99 Å². The van der Waals surface area contributed by atoms with Crippen LogP contribution in [0.25, 0.3) is 11.8 Å². The first-order chi connectivity index (χ1) is 14.4. The third kappa shape index (κ3) is 4.30. The lowest BCUT2D eigenvalue weighted by molar-refractivity contribution is -0.115. The van der Waals surface area contributed by atoms with Crippen molar-refractivity contribution in [3.05, 3.63) is 82.0 Å². The number of thioether (sulfide) groups is 1. The maximum Gasteiger partial charge on any atom is 0.264 e. The zero-order valence-corrected chi connectivity index (χ0v) is 18.5. The molecular formula is C23H21ClN4OS. The van der Waals surface area contributed by atoms with Gasteiger partial charge in [-0.1, -0.05) is 17.7 Å². The standard InChI is InChI=1S/C23H21ClN4OS/c1-15-6-7-16(24)13-20(15)25-23-26-22(29)21(30-23)14-19-5-4-12-28(19)18-10-8-17(9-11-18)27(2)3/h4-14H,1-3H3,(H,25,26,29)/b21-14-. The van der Waals surface area contributed by atoms with Crippen molar-refractivity contribution < 1.29 is 4.79 Å². The summed E-state index contributed by atoms with van der Waals surface area (Å²) in [5, 5.41) is 4.00. The van der Waals surface area contributed by atoms with Crippen molar-refractivity contribution >= 4 is 51.9 Å². The van der Waals surface area contributed by atoms with Crippen molar-refractivity contribution in [2.24, 2.45) is 4.99 Å². The molecule has 5 nitrogen and oxygen atoms in total. The van der Waals surface area contributed by atoms with Gasteiger partial charge in [0.1, 0.15) is 0 Å². The molecule has 1 N–H and O–H groups in total. The van der Waals surface area contributed by atoms with Crippen LogP contribution < -0.4 is 10.2 Å². The molecule has 0 bridgehead atoms. The van der Waals surface area contributed by atoms with Crippen molar-refractivity contribution in [1.29, 1.82) is 0 Å². The van der Waals surface area contributed by atoms with Gasteiger partial charge in [-0.05, 0) is 78.9 Å². The molecule has 0 radical (unpaired) electrons. The Morgan fingerprint density at radius 3 is 2.63 bits per heavy atom. The summed E-state index contributed by atoms with van der Waals surface area (Å²) in [6, 6.07) is 17.7. The van der Waals surface area contributed by atoms with Crippen LogP contribution in [0.1, 0.15) is 11.3 Å². The van der Waals surface area contributed by atoms with Crippen molar-refractivity contribution in [3.8, 4) is 5.69 Å². The molecule has 30 heavy (non-hydrogen) atoms. The summed E-state index contributed by atoms with van der Waals surface area (Å²) < 4.78 is 2.05. The number of carbonyl (C=O) groups is 1. The second-order valence-corrected chi connectivity index (χ2v) is 8.59. The number of aryl methyl sites for hydroxylation is 1. The van der Waals surface area contributed by atoms with Gasteiger partial charge in [0.2, 0.25) is 0 Å². The van der Waals surface area contributed by atoms with Crippen LogP contribution in [0.15, 0.2) is 70.7 Å². The molecule has 1 aliphatic heterocycles. The Labute approximate surface area is 185 Å². The van der Waals surface area contributed by atoms with Crippen molar-refractivity contribution in [1.82, 2.24) is 9.88 Å². The number of aromatic nitrogens is 1. The normalized spacial score (nSPS) is 16.3. The van der Waals surface area contributed by atoms with Crippen LogP contribution in [0.4, 0.5) is 11.4 Å². The average Bonchev–Trinajstić information content (AvgIpc) is 3.31. The summed E-state index contributed by atoms with van der Waals surface area (Å²) >= 11 is 7.40. The summed E-state index contributed by atoms with van der Waals surface area (Å²) in [6.07, 6.45) is 3.87. The van der Waals surface area contributed by atoms with Gasteiger partial charge < -0.3 is 14.8 Å². The fourth-order valence-electron chi connectivity index (χ4n) is 3.09. The molecule has 152 valence electrons. The topological polar surface area (TPSA) is 49.6 Å². The van der Waals surface area contributed by atoms with E-state index in [-0.39, 0.29) is 5.91 Å². The average molecular weight is 437 g/mol. The van der Waals surface area contributed by atoms with E-state index < -0.39 is 0 Å². The fraction of sp³-hybridized carbons (Fsp3) is 0.130. The molecule has 3 aromatic rings. The summed E-state index contributed by atoms with van der Waals surface area (Å²) in [5.74, 6) is -0.158. The van der Waals surface area contributed by atoms with Crippen LogP contribution in [0.5, 0.6) is 0 Å². The number of amides is 1. The minimum atomic E-state index is -0.158. The number of benzene rings is 2. The first-order valence-corrected chi connectivity index (χ1v) is 10.6. The summed E-state index contributed by atoms with van der Waals surface area (Å²) in [6.45, 7) is 1.96. The molecule has 2 heterocycles. The first-order valence-electron chi connectivity index (χ1n) is 9.41. The van der Waals surface area contributed by atoms with Gasteiger partial charge in [0.15, 0.2) is 5.17 Å².